The summed E-state index contributed by atoms with van der Waals surface area (Å²) in [5.74, 6) is 0.776. The number of benzene rings is 2. The second-order valence-corrected chi connectivity index (χ2v) is 9.78. The van der Waals surface area contributed by atoms with Crippen LogP contribution in [0.1, 0.15) is 43.7 Å². The number of H-pyrrole nitrogens is 1. The number of aromatic hydroxyl groups is 1. The van der Waals surface area contributed by atoms with Crippen molar-refractivity contribution in [1.29, 1.82) is 0 Å². The van der Waals surface area contributed by atoms with Gasteiger partial charge in [-0.2, -0.15) is 0 Å². The van der Waals surface area contributed by atoms with Crippen molar-refractivity contribution in [2.24, 2.45) is 16.1 Å². The van der Waals surface area contributed by atoms with Gasteiger partial charge in [-0.1, -0.05) is 46.2 Å². The highest BCUT2D eigenvalue weighted by atomic mass is 79.9. The summed E-state index contributed by atoms with van der Waals surface area (Å²) in [7, 11) is 0. The van der Waals surface area contributed by atoms with Gasteiger partial charge in [0.05, 0.1) is 11.3 Å². The Labute approximate surface area is 202 Å². The van der Waals surface area contributed by atoms with Gasteiger partial charge >= 0.3 is 0 Å². The quantitative estimate of drug-likeness (QED) is 0.303. The molecule has 0 bridgehead atoms. The maximum atomic E-state index is 10.7. The third-order valence-electron chi connectivity index (χ3n) is 6.61. The van der Waals surface area contributed by atoms with Crippen LogP contribution in [0, 0.1) is 5.92 Å². The Hall–Kier alpha value is -2.64. The van der Waals surface area contributed by atoms with E-state index in [2.05, 4.69) is 37.9 Å². The van der Waals surface area contributed by atoms with Crippen LogP contribution in [0.5, 0.6) is 5.88 Å². The SMILES string of the molecule is CCCN1CCC(CCO/N=C2/C(c3c(O)[nH]c4ccc(Br)cc34)=Nc3ccccc32)CC1. The summed E-state index contributed by atoms with van der Waals surface area (Å²) in [5, 5.41) is 16.2. The summed E-state index contributed by atoms with van der Waals surface area (Å²) < 4.78 is 0.936. The Morgan fingerprint density at radius 3 is 2.85 bits per heavy atom. The second kappa shape index (κ2) is 9.69. The number of halogens is 1. The highest BCUT2D eigenvalue weighted by Crippen LogP contribution is 2.36. The normalized spacial score (nSPS) is 18.1. The molecule has 2 aromatic carbocycles. The van der Waals surface area contributed by atoms with E-state index in [9.17, 15) is 5.11 Å². The molecule has 1 saturated heterocycles. The van der Waals surface area contributed by atoms with Gasteiger partial charge in [-0.25, -0.2) is 4.99 Å². The lowest BCUT2D eigenvalue weighted by Gasteiger charge is -2.31. The first-order chi connectivity index (χ1) is 16.1. The van der Waals surface area contributed by atoms with Crippen molar-refractivity contribution in [3.63, 3.8) is 0 Å². The first kappa shape index (κ1) is 22.2. The van der Waals surface area contributed by atoms with Crippen molar-refractivity contribution in [3.8, 4) is 5.88 Å². The van der Waals surface area contributed by atoms with Crippen molar-refractivity contribution in [1.82, 2.24) is 9.88 Å². The molecular weight excluding hydrogens is 480 g/mol. The number of fused-ring (bicyclic) bond motifs is 2. The van der Waals surface area contributed by atoms with Gasteiger partial charge in [-0.05, 0) is 75.5 Å². The van der Waals surface area contributed by atoms with Gasteiger partial charge in [0.25, 0.3) is 0 Å². The van der Waals surface area contributed by atoms with Crippen LogP contribution in [-0.4, -0.2) is 52.7 Å². The Morgan fingerprint density at radius 2 is 2.03 bits per heavy atom. The molecule has 5 rings (SSSR count). The maximum Gasteiger partial charge on any atom is 0.199 e. The molecule has 172 valence electrons. The highest BCUT2D eigenvalue weighted by Gasteiger charge is 2.29. The minimum absolute atomic E-state index is 0.0844. The fraction of sp³-hybridized carbons (Fsp3) is 0.385. The molecule has 0 unspecified atom stereocenters. The molecular formula is C26H29BrN4O2. The number of oxime groups is 1. The number of likely N-dealkylation sites (tertiary alicyclic amines) is 1. The molecule has 7 heteroatoms. The number of nitrogens with zero attached hydrogens (tertiary/aromatic N) is 3. The van der Waals surface area contributed by atoms with Crippen molar-refractivity contribution < 1.29 is 9.94 Å². The van der Waals surface area contributed by atoms with Gasteiger partial charge < -0.3 is 19.8 Å². The van der Waals surface area contributed by atoms with E-state index in [1.165, 1.54) is 38.9 Å². The van der Waals surface area contributed by atoms with Crippen LogP contribution in [0.3, 0.4) is 0 Å². The fourth-order valence-corrected chi connectivity index (χ4v) is 5.23. The molecule has 0 saturated carbocycles. The number of aromatic amines is 1. The first-order valence-electron chi connectivity index (χ1n) is 11.8. The zero-order valence-electron chi connectivity index (χ0n) is 18.9. The van der Waals surface area contributed by atoms with Gasteiger partial charge in [0, 0.05) is 20.9 Å². The van der Waals surface area contributed by atoms with Gasteiger partial charge in [-0.3, -0.25) is 0 Å². The van der Waals surface area contributed by atoms with Gasteiger partial charge in [0.15, 0.2) is 5.88 Å². The first-order valence-corrected chi connectivity index (χ1v) is 12.5. The second-order valence-electron chi connectivity index (χ2n) is 8.86. The van der Waals surface area contributed by atoms with Crippen LogP contribution in [0.15, 0.2) is 57.1 Å². The molecule has 0 radical (unpaired) electrons. The van der Waals surface area contributed by atoms with Crippen LogP contribution in [-0.2, 0) is 4.84 Å². The standard InChI is InChI=1S/C26H29BrN4O2/c1-2-12-31-13-9-17(10-14-31)11-15-33-30-24-19-5-3-4-6-21(19)28-25(24)23-20-16-18(27)7-8-22(20)29-26(23)32/h3-8,16-17,29,32H,2,9-15H2,1H3/b30-24+. The molecule has 3 heterocycles. The monoisotopic (exact) mass is 508 g/mol. The Morgan fingerprint density at radius 1 is 1.21 bits per heavy atom. The van der Waals surface area contributed by atoms with Gasteiger partial charge in [0.2, 0.25) is 0 Å². The van der Waals surface area contributed by atoms with E-state index in [1.807, 2.05) is 42.5 Å². The average molecular weight is 509 g/mol. The van der Waals surface area contributed by atoms with E-state index in [0.29, 0.717) is 29.5 Å². The van der Waals surface area contributed by atoms with E-state index in [0.717, 1.165) is 33.0 Å². The molecule has 2 N–H and O–H groups in total. The molecule has 33 heavy (non-hydrogen) atoms. The lowest BCUT2D eigenvalue weighted by atomic mass is 9.94. The smallest absolute Gasteiger partial charge is 0.199 e. The molecule has 0 spiro atoms. The number of aliphatic imine (C=N–C) groups is 1. The van der Waals surface area contributed by atoms with Crippen LogP contribution >= 0.6 is 15.9 Å². The van der Waals surface area contributed by atoms with Crippen LogP contribution in [0.25, 0.3) is 10.9 Å². The topological polar surface area (TPSA) is 73.2 Å². The van der Waals surface area contributed by atoms with E-state index in [1.54, 1.807) is 0 Å². The summed E-state index contributed by atoms with van der Waals surface area (Å²) in [6.45, 7) is 6.41. The molecule has 2 aliphatic rings. The molecule has 0 atom stereocenters. The Bertz CT molecular complexity index is 1210. The Balaban J connectivity index is 1.35. The minimum Gasteiger partial charge on any atom is -0.494 e. The number of nitrogens with one attached hydrogen (secondary N) is 1. The number of hydrogen-bond donors (Lipinski definition) is 2. The van der Waals surface area contributed by atoms with Crippen molar-refractivity contribution in [2.75, 3.05) is 26.2 Å². The number of para-hydroxylation sites is 1. The third-order valence-corrected chi connectivity index (χ3v) is 7.11. The summed E-state index contributed by atoms with van der Waals surface area (Å²) in [6.07, 6.45) is 4.69. The fourth-order valence-electron chi connectivity index (χ4n) is 4.87. The van der Waals surface area contributed by atoms with Gasteiger partial charge in [-0.15, -0.1) is 0 Å². The predicted octanol–water partition coefficient (Wildman–Crippen LogP) is 6.00. The van der Waals surface area contributed by atoms with Crippen molar-refractivity contribution in [3.05, 3.63) is 58.1 Å². The summed E-state index contributed by atoms with van der Waals surface area (Å²) >= 11 is 3.54. The van der Waals surface area contributed by atoms with E-state index in [4.69, 9.17) is 9.83 Å². The molecule has 2 aliphatic heterocycles. The molecule has 0 aliphatic carbocycles. The number of aromatic nitrogens is 1. The minimum atomic E-state index is 0.0844. The largest absolute Gasteiger partial charge is 0.494 e. The zero-order valence-corrected chi connectivity index (χ0v) is 20.4. The summed E-state index contributed by atoms with van der Waals surface area (Å²) in [4.78, 5) is 16.3. The highest BCUT2D eigenvalue weighted by molar-refractivity contribution is 9.10. The molecule has 3 aromatic rings. The lowest BCUT2D eigenvalue weighted by molar-refractivity contribution is 0.108. The maximum absolute atomic E-state index is 10.7. The van der Waals surface area contributed by atoms with Crippen LogP contribution in [0.2, 0.25) is 0 Å². The van der Waals surface area contributed by atoms with Crippen LogP contribution in [0.4, 0.5) is 5.69 Å². The van der Waals surface area contributed by atoms with Crippen LogP contribution < -0.4 is 0 Å². The predicted molar refractivity (Wildman–Crippen MR) is 137 cm³/mol. The van der Waals surface area contributed by atoms with Crippen molar-refractivity contribution in [2.45, 2.75) is 32.6 Å². The lowest BCUT2D eigenvalue weighted by Crippen LogP contribution is -2.34. The summed E-state index contributed by atoms with van der Waals surface area (Å²) in [5.41, 5.74) is 4.55. The molecule has 1 aromatic heterocycles. The average Bonchev–Trinajstić information content (AvgIpc) is 3.34. The third kappa shape index (κ3) is 4.57. The Kier molecular flexibility index (Phi) is 6.51. The summed E-state index contributed by atoms with van der Waals surface area (Å²) in [6, 6.07) is 13.8. The zero-order chi connectivity index (χ0) is 22.8. The molecule has 0 amide bonds. The van der Waals surface area contributed by atoms with Gasteiger partial charge in [0.1, 0.15) is 18.0 Å². The van der Waals surface area contributed by atoms with E-state index >= 15 is 0 Å². The molecule has 1 fully saturated rings. The number of hydrogen-bond acceptors (Lipinski definition) is 5. The molecule has 6 nitrogen and oxygen atoms in total. The number of piperidine rings is 1. The van der Waals surface area contributed by atoms with E-state index in [-0.39, 0.29) is 5.88 Å². The van der Waals surface area contributed by atoms with Crippen molar-refractivity contribution >= 4 is 43.9 Å². The van der Waals surface area contributed by atoms with E-state index < -0.39 is 0 Å². The number of rotatable bonds is 7.